The molecule has 0 amide bonds. The van der Waals surface area contributed by atoms with Crippen molar-refractivity contribution in [3.05, 3.63) is 74.0 Å². The van der Waals surface area contributed by atoms with Crippen molar-refractivity contribution >= 4 is 14.6 Å². The van der Waals surface area contributed by atoms with E-state index in [0.717, 1.165) is 0 Å². The van der Waals surface area contributed by atoms with Crippen molar-refractivity contribution in [1.29, 1.82) is 0 Å². The summed E-state index contributed by atoms with van der Waals surface area (Å²) >= 11 is 0. The first-order valence-electron chi connectivity index (χ1n) is 5.83. The van der Waals surface area contributed by atoms with Gasteiger partial charge in [0.05, 0.1) is 37.6 Å². The van der Waals surface area contributed by atoms with E-state index in [1.165, 1.54) is 37.6 Å². The molecule has 0 radical (unpaired) electrons. The number of hydrogen-bond acceptors (Lipinski definition) is 6. The molecule has 20 heavy (non-hydrogen) atoms. The standard InChI is InChI=1S/C12H12B2O6/c1-2-8-16-14-19-11-5-3-9-17-13(15-7-1)18-10-4-6-12-20-14/h1-12H/b7-1-,8-2-,9-3-,10-4-,11-5-,12-6-. The summed E-state index contributed by atoms with van der Waals surface area (Å²) in [5.41, 5.74) is 0. The maximum Gasteiger partial charge on any atom is 0.862 e. The predicted molar refractivity (Wildman–Crippen MR) is 72.9 cm³/mol. The molecule has 0 atom stereocenters. The van der Waals surface area contributed by atoms with Crippen molar-refractivity contribution in [1.82, 2.24) is 0 Å². The van der Waals surface area contributed by atoms with Crippen LogP contribution in [0.1, 0.15) is 0 Å². The van der Waals surface area contributed by atoms with E-state index in [0.29, 0.717) is 0 Å². The summed E-state index contributed by atoms with van der Waals surface area (Å²) in [7, 11) is -1.81. The molecule has 0 aromatic heterocycles. The molecule has 3 rings (SSSR count). The van der Waals surface area contributed by atoms with Gasteiger partial charge in [-0.05, 0) is 36.5 Å². The summed E-state index contributed by atoms with van der Waals surface area (Å²) in [4.78, 5) is 0. The second kappa shape index (κ2) is 8.47. The van der Waals surface area contributed by atoms with E-state index in [4.69, 9.17) is 27.9 Å². The minimum Gasteiger partial charge on any atom is -0.496 e. The highest BCUT2D eigenvalue weighted by Gasteiger charge is 2.25. The first-order valence-corrected chi connectivity index (χ1v) is 5.83. The molecule has 2 bridgehead atoms. The van der Waals surface area contributed by atoms with Gasteiger partial charge in [0.2, 0.25) is 0 Å². The lowest BCUT2D eigenvalue weighted by atomic mass is 10.2. The van der Waals surface area contributed by atoms with Crippen LogP contribution >= 0.6 is 0 Å². The first kappa shape index (κ1) is 13.8. The summed E-state index contributed by atoms with van der Waals surface area (Å²) in [6.07, 6.45) is 18.1. The van der Waals surface area contributed by atoms with Gasteiger partial charge in [-0.1, -0.05) is 0 Å². The van der Waals surface area contributed by atoms with Gasteiger partial charge in [0, 0.05) is 0 Å². The van der Waals surface area contributed by atoms with Crippen LogP contribution in [-0.4, -0.2) is 14.6 Å². The van der Waals surface area contributed by atoms with Crippen LogP contribution in [0.2, 0.25) is 0 Å². The van der Waals surface area contributed by atoms with E-state index in [9.17, 15) is 0 Å². The van der Waals surface area contributed by atoms with E-state index >= 15 is 0 Å². The van der Waals surface area contributed by atoms with E-state index < -0.39 is 14.6 Å². The molecule has 0 saturated heterocycles. The third-order valence-corrected chi connectivity index (χ3v) is 1.94. The molecule has 3 aliphatic rings. The van der Waals surface area contributed by atoms with Crippen molar-refractivity contribution in [2.75, 3.05) is 0 Å². The maximum absolute atomic E-state index is 5.23. The Kier molecular flexibility index (Phi) is 5.84. The molecule has 0 aliphatic carbocycles. The molecule has 0 fully saturated rings. The zero-order valence-electron chi connectivity index (χ0n) is 10.5. The largest absolute Gasteiger partial charge is 0.862 e. The second-order valence-electron chi connectivity index (χ2n) is 3.37. The van der Waals surface area contributed by atoms with Crippen LogP contribution in [0, 0.1) is 0 Å². The summed E-state index contributed by atoms with van der Waals surface area (Å²) in [5.74, 6) is 0. The molecule has 0 unspecified atom stereocenters. The van der Waals surface area contributed by atoms with E-state index in [2.05, 4.69) is 0 Å². The Morgan fingerprint density at radius 1 is 0.350 bits per heavy atom. The van der Waals surface area contributed by atoms with Gasteiger partial charge in [0.25, 0.3) is 0 Å². The molecule has 0 spiro atoms. The summed E-state index contributed by atoms with van der Waals surface area (Å²) in [6, 6.07) is 0. The topological polar surface area (TPSA) is 55.4 Å². The average molecular weight is 274 g/mol. The molecule has 8 heteroatoms. The van der Waals surface area contributed by atoms with Crippen LogP contribution in [0.3, 0.4) is 0 Å². The molecule has 0 N–H and O–H groups in total. The lowest BCUT2D eigenvalue weighted by molar-refractivity contribution is 0.219. The van der Waals surface area contributed by atoms with Crippen LogP contribution in [0.5, 0.6) is 0 Å². The normalized spacial score (nSPS) is 27.6. The highest BCUT2D eigenvalue weighted by molar-refractivity contribution is 6.37. The summed E-state index contributed by atoms with van der Waals surface area (Å²) in [6.45, 7) is 0. The fourth-order valence-corrected chi connectivity index (χ4v) is 1.12. The summed E-state index contributed by atoms with van der Waals surface area (Å²) in [5, 5.41) is 0. The van der Waals surface area contributed by atoms with Gasteiger partial charge in [-0.15, -0.1) is 0 Å². The number of hydrogen-bond donors (Lipinski definition) is 0. The minimum atomic E-state index is -0.907. The van der Waals surface area contributed by atoms with Gasteiger partial charge in [-0.25, -0.2) is 0 Å². The Morgan fingerprint density at radius 2 is 0.550 bits per heavy atom. The smallest absolute Gasteiger partial charge is 0.496 e. The first-order chi connectivity index (χ1) is 9.95. The maximum atomic E-state index is 5.23. The predicted octanol–water partition coefficient (Wildman–Crippen LogP) is 2.17. The molecule has 0 aromatic rings. The van der Waals surface area contributed by atoms with Gasteiger partial charge >= 0.3 is 14.6 Å². The second-order valence-corrected chi connectivity index (χ2v) is 3.37. The van der Waals surface area contributed by atoms with Crippen LogP contribution in [0.15, 0.2) is 74.0 Å². The van der Waals surface area contributed by atoms with E-state index in [1.807, 2.05) is 0 Å². The van der Waals surface area contributed by atoms with Gasteiger partial charge < -0.3 is 27.9 Å². The molecule has 3 aliphatic heterocycles. The van der Waals surface area contributed by atoms with Gasteiger partial charge in [-0.3, -0.25) is 0 Å². The lowest BCUT2D eigenvalue weighted by Gasteiger charge is -2.10. The Bertz CT molecular complexity index is 346. The third-order valence-electron chi connectivity index (χ3n) is 1.94. The Balaban J connectivity index is 2.18. The SMILES string of the molecule is C1=C\OB2O/C=C\C=C/OB(O\C=C/1)O/C=C\C=C/O2. The molecule has 102 valence electrons. The van der Waals surface area contributed by atoms with E-state index in [-0.39, 0.29) is 0 Å². The third kappa shape index (κ3) is 5.34. The minimum absolute atomic E-state index is 0.907. The molecule has 6 nitrogen and oxygen atoms in total. The molecule has 0 saturated carbocycles. The van der Waals surface area contributed by atoms with Crippen LogP contribution in [0.25, 0.3) is 0 Å². The Morgan fingerprint density at radius 3 is 0.750 bits per heavy atom. The average Bonchev–Trinajstić information content (AvgIpc) is 2.47. The zero-order valence-corrected chi connectivity index (χ0v) is 10.5. The van der Waals surface area contributed by atoms with Crippen molar-refractivity contribution in [2.45, 2.75) is 0 Å². The van der Waals surface area contributed by atoms with Crippen LogP contribution in [-0.2, 0) is 27.9 Å². The fraction of sp³-hybridized carbons (Fsp3) is 0. The van der Waals surface area contributed by atoms with Crippen molar-refractivity contribution in [2.24, 2.45) is 0 Å². The number of rotatable bonds is 0. The molecule has 0 aromatic carbocycles. The van der Waals surface area contributed by atoms with Crippen molar-refractivity contribution in [3.8, 4) is 0 Å². The molecular formula is C12H12B2O6. The summed E-state index contributed by atoms with van der Waals surface area (Å²) < 4.78 is 31.4. The highest BCUT2D eigenvalue weighted by atomic mass is 16.7. The monoisotopic (exact) mass is 274 g/mol. The Hall–Kier alpha value is -2.63. The van der Waals surface area contributed by atoms with E-state index in [1.54, 1.807) is 36.5 Å². The fourth-order valence-electron chi connectivity index (χ4n) is 1.12. The van der Waals surface area contributed by atoms with Crippen LogP contribution < -0.4 is 0 Å². The number of allylic oxidation sites excluding steroid dienone is 6. The molecule has 3 heterocycles. The lowest BCUT2D eigenvalue weighted by Crippen LogP contribution is -2.21. The van der Waals surface area contributed by atoms with Crippen molar-refractivity contribution < 1.29 is 27.9 Å². The van der Waals surface area contributed by atoms with Gasteiger partial charge in [0.1, 0.15) is 0 Å². The van der Waals surface area contributed by atoms with Crippen molar-refractivity contribution in [3.63, 3.8) is 0 Å². The Labute approximate surface area is 117 Å². The van der Waals surface area contributed by atoms with Gasteiger partial charge in [-0.2, -0.15) is 0 Å². The van der Waals surface area contributed by atoms with Crippen LogP contribution in [0.4, 0.5) is 0 Å². The quantitative estimate of drug-likeness (QED) is 0.631. The van der Waals surface area contributed by atoms with Gasteiger partial charge in [0.15, 0.2) is 0 Å². The number of fused-ring (bicyclic) bond motifs is 9. The highest BCUT2D eigenvalue weighted by Crippen LogP contribution is 2.01. The molecular weight excluding hydrogens is 262 g/mol. The zero-order chi connectivity index (χ0) is 13.9.